The zero-order valence-corrected chi connectivity index (χ0v) is 23.7. The van der Waals surface area contributed by atoms with Crippen LogP contribution in [-0.4, -0.2) is 79.7 Å². The predicted molar refractivity (Wildman–Crippen MR) is 144 cm³/mol. The maximum Gasteiger partial charge on any atom is 0.107 e. The van der Waals surface area contributed by atoms with Crippen molar-refractivity contribution < 1.29 is 25.5 Å². The maximum absolute atomic E-state index is 10.8. The van der Waals surface area contributed by atoms with E-state index in [2.05, 4.69) is 45.3 Å². The van der Waals surface area contributed by atoms with Gasteiger partial charge in [0.05, 0.1) is 35.4 Å². The molecule has 0 heterocycles. The molecule has 0 amide bonds. The van der Waals surface area contributed by atoms with Crippen LogP contribution in [0.25, 0.3) is 0 Å². The Kier molecular flexibility index (Phi) is 15.5. The van der Waals surface area contributed by atoms with Gasteiger partial charge >= 0.3 is 0 Å². The Morgan fingerprint density at radius 1 is 1.00 bits per heavy atom. The lowest BCUT2D eigenvalue weighted by molar-refractivity contribution is -0.0651. The van der Waals surface area contributed by atoms with E-state index in [1.807, 2.05) is 20.8 Å². The first-order valence-electron chi connectivity index (χ1n) is 13.1. The molecule has 204 valence electrons. The van der Waals surface area contributed by atoms with Crippen molar-refractivity contribution in [3.63, 3.8) is 0 Å². The largest absolute Gasteiger partial charge is 0.393 e. The Hall–Kier alpha value is -0.350. The van der Waals surface area contributed by atoms with E-state index in [0.717, 1.165) is 6.42 Å². The SMILES string of the molecule is CC.CCC(O)CC(O)C(CNC1CCCC(O)C(O)C1O)NC(=S)CC(C)(C)CC(C)(C)C. The normalized spacial score (nSPS) is 26.5. The third kappa shape index (κ3) is 13.1. The van der Waals surface area contributed by atoms with Gasteiger partial charge in [-0.3, -0.25) is 0 Å². The van der Waals surface area contributed by atoms with E-state index < -0.39 is 42.6 Å². The van der Waals surface area contributed by atoms with Crippen molar-refractivity contribution in [3.05, 3.63) is 0 Å². The van der Waals surface area contributed by atoms with Crippen LogP contribution in [0.5, 0.6) is 0 Å². The molecule has 0 bridgehead atoms. The van der Waals surface area contributed by atoms with Crippen molar-refractivity contribution in [2.45, 2.75) is 143 Å². The average Bonchev–Trinajstić information content (AvgIpc) is 2.83. The summed E-state index contributed by atoms with van der Waals surface area (Å²) < 4.78 is 0. The summed E-state index contributed by atoms with van der Waals surface area (Å²) in [6, 6.07) is -0.854. The molecule has 34 heavy (non-hydrogen) atoms. The molecule has 7 nitrogen and oxygen atoms in total. The van der Waals surface area contributed by atoms with Gasteiger partial charge in [0.25, 0.3) is 0 Å². The van der Waals surface area contributed by atoms with Crippen molar-refractivity contribution in [1.29, 1.82) is 0 Å². The number of hydrogen-bond donors (Lipinski definition) is 7. The topological polar surface area (TPSA) is 125 Å². The third-order valence-electron chi connectivity index (χ3n) is 6.22. The van der Waals surface area contributed by atoms with Crippen LogP contribution < -0.4 is 10.6 Å². The number of aliphatic hydroxyl groups excluding tert-OH is 5. The highest BCUT2D eigenvalue weighted by Gasteiger charge is 2.35. The highest BCUT2D eigenvalue weighted by molar-refractivity contribution is 7.80. The summed E-state index contributed by atoms with van der Waals surface area (Å²) in [6.45, 7) is 17.2. The summed E-state index contributed by atoms with van der Waals surface area (Å²) in [7, 11) is 0. The second kappa shape index (κ2) is 15.7. The van der Waals surface area contributed by atoms with Gasteiger partial charge < -0.3 is 36.2 Å². The number of nitrogens with one attached hydrogen (secondary N) is 2. The van der Waals surface area contributed by atoms with Crippen molar-refractivity contribution in [2.75, 3.05) is 6.54 Å². The first kappa shape index (κ1) is 33.7. The van der Waals surface area contributed by atoms with E-state index in [0.29, 0.717) is 43.6 Å². The molecule has 1 saturated carbocycles. The summed E-state index contributed by atoms with van der Waals surface area (Å²) in [5.74, 6) is 0. The Balaban J connectivity index is 0.00000529. The van der Waals surface area contributed by atoms with Crippen LogP contribution in [0, 0.1) is 10.8 Å². The van der Waals surface area contributed by atoms with Crippen LogP contribution in [0.3, 0.4) is 0 Å². The van der Waals surface area contributed by atoms with E-state index in [9.17, 15) is 25.5 Å². The molecule has 0 aliphatic heterocycles. The van der Waals surface area contributed by atoms with Gasteiger partial charge in [-0.25, -0.2) is 0 Å². The molecule has 7 N–H and O–H groups in total. The molecule has 0 aromatic rings. The summed E-state index contributed by atoms with van der Waals surface area (Å²) >= 11 is 5.64. The Bertz CT molecular complexity index is 570. The fourth-order valence-corrected chi connectivity index (χ4v) is 5.48. The van der Waals surface area contributed by atoms with Gasteiger partial charge in [-0.1, -0.05) is 67.6 Å². The van der Waals surface area contributed by atoms with Crippen molar-refractivity contribution in [3.8, 4) is 0 Å². The molecule has 1 rings (SSSR count). The summed E-state index contributed by atoms with van der Waals surface area (Å²) in [4.78, 5) is 0.660. The van der Waals surface area contributed by atoms with Crippen molar-refractivity contribution >= 4 is 17.2 Å². The van der Waals surface area contributed by atoms with Gasteiger partial charge in [0.15, 0.2) is 0 Å². The first-order valence-corrected chi connectivity index (χ1v) is 13.5. The lowest BCUT2D eigenvalue weighted by Gasteiger charge is -2.35. The highest BCUT2D eigenvalue weighted by atomic mass is 32.1. The van der Waals surface area contributed by atoms with Crippen molar-refractivity contribution in [2.24, 2.45) is 10.8 Å². The highest BCUT2D eigenvalue weighted by Crippen LogP contribution is 2.36. The second-order valence-electron chi connectivity index (χ2n) is 11.6. The minimum absolute atomic E-state index is 0.00801. The molecule has 0 radical (unpaired) electrons. The Labute approximate surface area is 213 Å². The molecule has 8 heteroatoms. The third-order valence-corrected chi connectivity index (χ3v) is 6.48. The summed E-state index contributed by atoms with van der Waals surface area (Å²) in [5.41, 5.74) is 0.164. The first-order chi connectivity index (χ1) is 15.6. The smallest absolute Gasteiger partial charge is 0.107 e. The Morgan fingerprint density at radius 2 is 1.59 bits per heavy atom. The molecular formula is C26H54N2O5S. The van der Waals surface area contributed by atoms with Gasteiger partial charge in [0.2, 0.25) is 0 Å². The van der Waals surface area contributed by atoms with Crippen LogP contribution >= 0.6 is 12.2 Å². The zero-order valence-electron chi connectivity index (χ0n) is 22.8. The molecule has 0 saturated heterocycles. The summed E-state index contributed by atoms with van der Waals surface area (Å²) in [5, 5.41) is 57.9. The van der Waals surface area contributed by atoms with Crippen LogP contribution in [0.4, 0.5) is 0 Å². The van der Waals surface area contributed by atoms with E-state index in [-0.39, 0.29) is 17.3 Å². The molecule has 0 aromatic heterocycles. The zero-order chi connectivity index (χ0) is 26.7. The van der Waals surface area contributed by atoms with Gasteiger partial charge in [-0.15, -0.1) is 0 Å². The van der Waals surface area contributed by atoms with Gasteiger partial charge in [0.1, 0.15) is 6.10 Å². The molecule has 1 aliphatic carbocycles. The maximum atomic E-state index is 10.8. The number of hydrogen-bond acceptors (Lipinski definition) is 7. The fourth-order valence-electron chi connectivity index (χ4n) is 4.94. The van der Waals surface area contributed by atoms with E-state index in [1.54, 1.807) is 0 Å². The minimum atomic E-state index is -1.20. The van der Waals surface area contributed by atoms with E-state index in [4.69, 9.17) is 12.2 Å². The van der Waals surface area contributed by atoms with E-state index >= 15 is 0 Å². The molecule has 0 spiro atoms. The van der Waals surface area contributed by atoms with Crippen molar-refractivity contribution in [1.82, 2.24) is 10.6 Å². The van der Waals surface area contributed by atoms with Gasteiger partial charge in [-0.05, 0) is 42.9 Å². The fraction of sp³-hybridized carbons (Fsp3) is 0.962. The van der Waals surface area contributed by atoms with Crippen LogP contribution in [-0.2, 0) is 0 Å². The molecule has 1 aliphatic rings. The molecule has 7 unspecified atom stereocenters. The van der Waals surface area contributed by atoms with Gasteiger partial charge in [0, 0.05) is 25.4 Å². The summed E-state index contributed by atoms with van der Waals surface area (Å²) in [6.07, 6.45) is -0.502. The molecule has 0 aromatic carbocycles. The van der Waals surface area contributed by atoms with Crippen LogP contribution in [0.15, 0.2) is 0 Å². The Morgan fingerprint density at radius 3 is 2.12 bits per heavy atom. The quantitative estimate of drug-likeness (QED) is 0.169. The molecule has 1 fully saturated rings. The average molecular weight is 507 g/mol. The predicted octanol–water partition coefficient (Wildman–Crippen LogP) is 2.90. The number of aliphatic hydroxyl groups is 5. The molecular weight excluding hydrogens is 452 g/mol. The number of rotatable bonds is 11. The van der Waals surface area contributed by atoms with E-state index in [1.165, 1.54) is 0 Å². The standard InChI is InChI=1S/C24H48N2O5S.C2H6/c1-7-15(27)11-19(29)17(26-20(32)12-24(5,6)14-23(2,3)4)13-25-16-9-8-10-18(28)22(31)21(16)30;1-2/h15-19,21-22,25,27-31H,7-14H2,1-6H3,(H,26,32);1-2H3. The van der Waals surface area contributed by atoms with Crippen LogP contribution in [0.2, 0.25) is 0 Å². The monoisotopic (exact) mass is 506 g/mol. The minimum Gasteiger partial charge on any atom is -0.393 e. The molecule has 7 atom stereocenters. The second-order valence-corrected chi connectivity index (χ2v) is 12.1. The lowest BCUT2D eigenvalue weighted by Crippen LogP contribution is -2.55. The number of thiocarbonyl (C=S) groups is 1. The van der Waals surface area contributed by atoms with Gasteiger partial charge in [-0.2, -0.15) is 0 Å². The van der Waals surface area contributed by atoms with Crippen LogP contribution in [0.1, 0.15) is 100 Å². The lowest BCUT2D eigenvalue weighted by atomic mass is 9.74.